The molecule has 2 unspecified atom stereocenters. The zero-order valence-electron chi connectivity index (χ0n) is 9.78. The highest BCUT2D eigenvalue weighted by Gasteiger charge is 2.26. The Morgan fingerprint density at radius 3 is 3.00 bits per heavy atom. The molecular formula is C12H17FN2OS. The van der Waals surface area contributed by atoms with Crippen molar-refractivity contribution in [2.75, 3.05) is 18.1 Å². The van der Waals surface area contributed by atoms with Crippen molar-refractivity contribution in [2.45, 2.75) is 19.1 Å². The lowest BCUT2D eigenvalue weighted by Gasteiger charge is -2.30. The number of rotatable bonds is 3. The summed E-state index contributed by atoms with van der Waals surface area (Å²) in [6.45, 7) is 2.63. The number of hydrazine groups is 1. The maximum Gasteiger partial charge on any atom is 0.123 e. The van der Waals surface area contributed by atoms with Crippen molar-refractivity contribution >= 4 is 11.8 Å². The van der Waals surface area contributed by atoms with Crippen molar-refractivity contribution in [1.82, 2.24) is 5.43 Å². The van der Waals surface area contributed by atoms with Gasteiger partial charge in [0.1, 0.15) is 5.82 Å². The molecular weight excluding hydrogens is 239 g/mol. The molecule has 0 spiro atoms. The van der Waals surface area contributed by atoms with Gasteiger partial charge in [0.05, 0.1) is 18.8 Å². The van der Waals surface area contributed by atoms with E-state index >= 15 is 0 Å². The van der Waals surface area contributed by atoms with Crippen LogP contribution in [0.4, 0.5) is 4.39 Å². The fourth-order valence-corrected chi connectivity index (χ4v) is 2.99. The minimum absolute atomic E-state index is 0.0444. The van der Waals surface area contributed by atoms with Gasteiger partial charge in [-0.2, -0.15) is 11.8 Å². The summed E-state index contributed by atoms with van der Waals surface area (Å²) < 4.78 is 18.8. The van der Waals surface area contributed by atoms with Crippen LogP contribution in [-0.4, -0.2) is 24.2 Å². The summed E-state index contributed by atoms with van der Waals surface area (Å²) in [7, 11) is 0. The zero-order chi connectivity index (χ0) is 12.3. The summed E-state index contributed by atoms with van der Waals surface area (Å²) in [5.41, 5.74) is 4.68. The highest BCUT2D eigenvalue weighted by molar-refractivity contribution is 7.99. The minimum Gasteiger partial charge on any atom is -0.374 e. The van der Waals surface area contributed by atoms with Gasteiger partial charge < -0.3 is 4.74 Å². The summed E-state index contributed by atoms with van der Waals surface area (Å²) >= 11 is 1.86. The fraction of sp³-hybridized carbons (Fsp3) is 0.500. The van der Waals surface area contributed by atoms with Crippen LogP contribution < -0.4 is 11.3 Å². The van der Waals surface area contributed by atoms with E-state index in [4.69, 9.17) is 10.6 Å². The topological polar surface area (TPSA) is 47.3 Å². The molecule has 17 heavy (non-hydrogen) atoms. The van der Waals surface area contributed by atoms with Crippen LogP contribution in [0, 0.1) is 12.7 Å². The van der Waals surface area contributed by atoms with Crippen molar-refractivity contribution in [3.05, 3.63) is 35.1 Å². The number of nitrogens with two attached hydrogens (primary N) is 1. The molecule has 1 aliphatic heterocycles. The second-order valence-electron chi connectivity index (χ2n) is 4.13. The number of hydrogen-bond acceptors (Lipinski definition) is 4. The molecule has 2 rings (SSSR count). The molecule has 5 heteroatoms. The molecule has 3 N–H and O–H groups in total. The first kappa shape index (κ1) is 12.8. The van der Waals surface area contributed by atoms with Crippen LogP contribution in [0.3, 0.4) is 0 Å². The summed E-state index contributed by atoms with van der Waals surface area (Å²) in [4.78, 5) is 0. The molecule has 2 atom stereocenters. The molecule has 0 aliphatic carbocycles. The van der Waals surface area contributed by atoms with Crippen molar-refractivity contribution in [1.29, 1.82) is 0 Å². The maximum absolute atomic E-state index is 13.1. The molecule has 1 aliphatic rings. The monoisotopic (exact) mass is 256 g/mol. The van der Waals surface area contributed by atoms with Gasteiger partial charge in [0, 0.05) is 11.5 Å². The molecule has 0 amide bonds. The average molecular weight is 256 g/mol. The Morgan fingerprint density at radius 1 is 1.59 bits per heavy atom. The standard InChI is InChI=1S/C12H17FN2OS/c1-8-6-9(13)2-3-10(8)12(15-14)11-7-17-5-4-16-11/h2-3,6,11-12,15H,4-5,7,14H2,1H3. The van der Waals surface area contributed by atoms with Crippen LogP contribution >= 0.6 is 11.8 Å². The predicted molar refractivity (Wildman–Crippen MR) is 68.3 cm³/mol. The van der Waals surface area contributed by atoms with Crippen molar-refractivity contribution in [3.8, 4) is 0 Å². The van der Waals surface area contributed by atoms with Crippen molar-refractivity contribution < 1.29 is 9.13 Å². The number of ether oxygens (including phenoxy) is 1. The molecule has 1 aromatic carbocycles. The molecule has 1 saturated heterocycles. The van der Waals surface area contributed by atoms with E-state index in [0.717, 1.165) is 29.2 Å². The quantitative estimate of drug-likeness (QED) is 0.639. The van der Waals surface area contributed by atoms with Gasteiger partial charge in [0.2, 0.25) is 0 Å². The number of benzene rings is 1. The number of thioether (sulfide) groups is 1. The number of hydrogen-bond donors (Lipinski definition) is 2. The Kier molecular flexibility index (Phi) is 4.39. The van der Waals surface area contributed by atoms with E-state index in [-0.39, 0.29) is 18.0 Å². The van der Waals surface area contributed by atoms with Gasteiger partial charge in [0.25, 0.3) is 0 Å². The van der Waals surface area contributed by atoms with Gasteiger partial charge >= 0.3 is 0 Å². The average Bonchev–Trinajstić information content (AvgIpc) is 2.34. The van der Waals surface area contributed by atoms with E-state index < -0.39 is 0 Å². The molecule has 0 aromatic heterocycles. The molecule has 0 radical (unpaired) electrons. The van der Waals surface area contributed by atoms with E-state index in [2.05, 4.69) is 5.43 Å². The highest BCUT2D eigenvalue weighted by atomic mass is 32.2. The Hall–Kier alpha value is -0.620. The first-order chi connectivity index (χ1) is 8.22. The Bertz CT molecular complexity index is 383. The predicted octanol–water partition coefficient (Wildman–Crippen LogP) is 1.77. The number of halogens is 1. The normalized spacial score (nSPS) is 22.4. The third kappa shape index (κ3) is 2.98. The van der Waals surface area contributed by atoms with Crippen LogP contribution in [0.15, 0.2) is 18.2 Å². The molecule has 3 nitrogen and oxygen atoms in total. The lowest BCUT2D eigenvalue weighted by atomic mass is 9.98. The number of nitrogens with one attached hydrogen (secondary N) is 1. The smallest absolute Gasteiger partial charge is 0.123 e. The van der Waals surface area contributed by atoms with E-state index in [1.807, 2.05) is 18.7 Å². The van der Waals surface area contributed by atoms with Gasteiger partial charge in [-0.05, 0) is 30.2 Å². The molecule has 0 saturated carbocycles. The summed E-state index contributed by atoms with van der Waals surface area (Å²) in [5.74, 6) is 7.32. The molecule has 1 fully saturated rings. The Balaban J connectivity index is 2.21. The zero-order valence-corrected chi connectivity index (χ0v) is 10.6. The third-order valence-electron chi connectivity index (χ3n) is 2.96. The van der Waals surface area contributed by atoms with Crippen LogP contribution in [0.1, 0.15) is 17.2 Å². The Labute approximate surface area is 105 Å². The third-order valence-corrected chi connectivity index (χ3v) is 3.98. The largest absolute Gasteiger partial charge is 0.374 e. The van der Waals surface area contributed by atoms with Gasteiger partial charge in [-0.25, -0.2) is 4.39 Å². The lowest BCUT2D eigenvalue weighted by Crippen LogP contribution is -2.41. The first-order valence-corrected chi connectivity index (χ1v) is 6.79. The van der Waals surface area contributed by atoms with E-state index in [9.17, 15) is 4.39 Å². The molecule has 1 heterocycles. The van der Waals surface area contributed by atoms with Crippen molar-refractivity contribution in [2.24, 2.45) is 5.84 Å². The summed E-state index contributed by atoms with van der Waals surface area (Å²) in [6, 6.07) is 4.68. The Morgan fingerprint density at radius 2 is 2.41 bits per heavy atom. The van der Waals surface area contributed by atoms with Crippen LogP contribution in [0.2, 0.25) is 0 Å². The second kappa shape index (κ2) is 5.82. The molecule has 94 valence electrons. The minimum atomic E-state index is -0.221. The number of aryl methyl sites for hydroxylation is 1. The molecule has 1 aromatic rings. The van der Waals surface area contributed by atoms with E-state index in [0.29, 0.717) is 0 Å². The van der Waals surface area contributed by atoms with Gasteiger partial charge in [-0.3, -0.25) is 11.3 Å². The van der Waals surface area contributed by atoms with Gasteiger partial charge in [0.15, 0.2) is 0 Å². The SMILES string of the molecule is Cc1cc(F)ccc1C(NN)C1CSCCO1. The highest BCUT2D eigenvalue weighted by Crippen LogP contribution is 2.27. The van der Waals surface area contributed by atoms with Crippen LogP contribution in [-0.2, 0) is 4.74 Å². The van der Waals surface area contributed by atoms with Crippen molar-refractivity contribution in [3.63, 3.8) is 0 Å². The van der Waals surface area contributed by atoms with E-state index in [1.165, 1.54) is 12.1 Å². The maximum atomic E-state index is 13.1. The van der Waals surface area contributed by atoms with Gasteiger partial charge in [-0.15, -0.1) is 0 Å². The summed E-state index contributed by atoms with van der Waals surface area (Å²) in [6.07, 6.45) is 0.0444. The van der Waals surface area contributed by atoms with Crippen LogP contribution in [0.25, 0.3) is 0 Å². The second-order valence-corrected chi connectivity index (χ2v) is 5.28. The first-order valence-electron chi connectivity index (χ1n) is 5.64. The van der Waals surface area contributed by atoms with E-state index in [1.54, 1.807) is 6.07 Å². The summed E-state index contributed by atoms with van der Waals surface area (Å²) in [5, 5.41) is 0. The van der Waals surface area contributed by atoms with Crippen LogP contribution in [0.5, 0.6) is 0 Å². The molecule has 0 bridgehead atoms. The van der Waals surface area contributed by atoms with Gasteiger partial charge in [-0.1, -0.05) is 6.07 Å². The lowest BCUT2D eigenvalue weighted by molar-refractivity contribution is 0.0466. The fourth-order valence-electron chi connectivity index (χ4n) is 2.08.